The fourth-order valence-corrected chi connectivity index (χ4v) is 3.39. The summed E-state index contributed by atoms with van der Waals surface area (Å²) in [5, 5.41) is 16.7. The third-order valence-electron chi connectivity index (χ3n) is 4.89. The maximum absolute atomic E-state index is 13.5. The second-order valence-electron chi connectivity index (χ2n) is 6.70. The van der Waals surface area contributed by atoms with Crippen LogP contribution in [0.3, 0.4) is 0 Å². The molecule has 1 aliphatic heterocycles. The largest absolute Gasteiger partial charge is 0.478 e. The van der Waals surface area contributed by atoms with Crippen molar-refractivity contribution in [1.82, 2.24) is 10.3 Å². The van der Waals surface area contributed by atoms with Crippen LogP contribution in [0, 0.1) is 0 Å². The summed E-state index contributed by atoms with van der Waals surface area (Å²) < 4.78 is 0. The van der Waals surface area contributed by atoms with Gasteiger partial charge < -0.3 is 10.4 Å². The molecule has 1 fully saturated rings. The highest BCUT2D eigenvalue weighted by Gasteiger charge is 2.54. The van der Waals surface area contributed by atoms with E-state index in [0.717, 1.165) is 5.01 Å². The number of aromatic carboxylic acids is 1. The topological polar surface area (TPSA) is 99.1 Å². The molecule has 0 unspecified atom stereocenters. The molecule has 148 valence electrons. The summed E-state index contributed by atoms with van der Waals surface area (Å²) in [6.45, 7) is 0. The number of nitrogens with one attached hydrogen (secondary N) is 1. The molecule has 0 atom stereocenters. The zero-order valence-corrected chi connectivity index (χ0v) is 15.7. The number of benzene rings is 3. The second kappa shape index (κ2) is 7.63. The zero-order chi connectivity index (χ0) is 21.1. The van der Waals surface area contributed by atoms with Crippen LogP contribution in [0.1, 0.15) is 27.0 Å². The molecule has 7 heteroatoms. The molecule has 1 saturated heterocycles. The smallest absolute Gasteiger partial charge is 0.346 e. The first-order valence-corrected chi connectivity index (χ1v) is 9.17. The molecule has 2 N–H and O–H groups in total. The van der Waals surface area contributed by atoms with Crippen LogP contribution < -0.4 is 5.32 Å². The Morgan fingerprint density at radius 1 is 0.867 bits per heavy atom. The van der Waals surface area contributed by atoms with Gasteiger partial charge in [0.2, 0.25) is 0 Å². The number of carboxylic acids is 1. The predicted molar refractivity (Wildman–Crippen MR) is 110 cm³/mol. The number of imide groups is 1. The molecule has 3 aromatic rings. The maximum atomic E-state index is 13.5. The van der Waals surface area contributed by atoms with Gasteiger partial charge >= 0.3 is 12.0 Å². The molecule has 0 spiro atoms. The van der Waals surface area contributed by atoms with Crippen LogP contribution in [0.4, 0.5) is 4.79 Å². The van der Waals surface area contributed by atoms with Crippen molar-refractivity contribution in [2.75, 3.05) is 0 Å². The minimum absolute atomic E-state index is 0.134. The van der Waals surface area contributed by atoms with Gasteiger partial charge in [0.25, 0.3) is 5.91 Å². The number of hydrogen-bond donors (Lipinski definition) is 2. The van der Waals surface area contributed by atoms with Gasteiger partial charge in [-0.25, -0.2) is 9.59 Å². The maximum Gasteiger partial charge on any atom is 0.346 e. The van der Waals surface area contributed by atoms with E-state index in [2.05, 4.69) is 10.4 Å². The Hall–Kier alpha value is -4.26. The minimum Gasteiger partial charge on any atom is -0.478 e. The van der Waals surface area contributed by atoms with E-state index in [1.165, 1.54) is 18.3 Å². The number of rotatable bonds is 5. The first-order chi connectivity index (χ1) is 14.5. The lowest BCUT2D eigenvalue weighted by molar-refractivity contribution is -0.130. The van der Waals surface area contributed by atoms with Crippen LogP contribution in [0.5, 0.6) is 0 Å². The summed E-state index contributed by atoms with van der Waals surface area (Å²) in [4.78, 5) is 37.1. The number of carboxylic acid groups (broad SMARTS) is 1. The third-order valence-corrected chi connectivity index (χ3v) is 4.89. The number of urea groups is 1. The lowest BCUT2D eigenvalue weighted by Crippen LogP contribution is -2.44. The minimum atomic E-state index is -1.38. The Morgan fingerprint density at radius 3 is 1.90 bits per heavy atom. The first kappa shape index (κ1) is 19.1. The fraction of sp³-hybridized carbons (Fsp3) is 0.0435. The van der Waals surface area contributed by atoms with E-state index in [1.54, 1.807) is 60.7 Å². The van der Waals surface area contributed by atoms with Gasteiger partial charge in [0.1, 0.15) is 0 Å². The summed E-state index contributed by atoms with van der Waals surface area (Å²) in [6, 6.07) is 23.3. The molecule has 7 nitrogen and oxygen atoms in total. The van der Waals surface area contributed by atoms with Gasteiger partial charge in [-0.1, -0.05) is 72.8 Å². The van der Waals surface area contributed by atoms with Crippen molar-refractivity contribution in [2.45, 2.75) is 5.54 Å². The van der Waals surface area contributed by atoms with E-state index in [-0.39, 0.29) is 5.56 Å². The van der Waals surface area contributed by atoms with E-state index >= 15 is 0 Å². The van der Waals surface area contributed by atoms with E-state index in [1.807, 2.05) is 12.1 Å². The van der Waals surface area contributed by atoms with Gasteiger partial charge in [-0.05, 0) is 28.8 Å². The standard InChI is InChI=1S/C23H17N3O4/c27-20(28)17-13-11-16(12-14-17)15-24-26-21(29)23(25-22(26)30,18-7-3-1-4-8-18)19-9-5-2-6-10-19/h1-15H,(H,25,30)(H,27,28)/b24-15-. The van der Waals surface area contributed by atoms with E-state index < -0.39 is 23.4 Å². The van der Waals surface area contributed by atoms with Crippen molar-refractivity contribution in [1.29, 1.82) is 0 Å². The number of hydrazone groups is 1. The van der Waals surface area contributed by atoms with E-state index in [0.29, 0.717) is 16.7 Å². The third kappa shape index (κ3) is 3.22. The van der Waals surface area contributed by atoms with Crippen LogP contribution in [0.2, 0.25) is 0 Å². The number of carbonyl (C=O) groups is 3. The van der Waals surface area contributed by atoms with Crippen molar-refractivity contribution >= 4 is 24.1 Å². The van der Waals surface area contributed by atoms with Crippen LogP contribution in [-0.2, 0) is 10.3 Å². The molecule has 0 saturated carbocycles. The average molecular weight is 399 g/mol. The summed E-state index contributed by atoms with van der Waals surface area (Å²) in [7, 11) is 0. The lowest BCUT2D eigenvalue weighted by atomic mass is 9.83. The number of carbonyl (C=O) groups excluding carboxylic acids is 2. The Balaban J connectivity index is 1.71. The van der Waals surface area contributed by atoms with Gasteiger partial charge in [-0.2, -0.15) is 5.10 Å². The molecule has 3 aromatic carbocycles. The van der Waals surface area contributed by atoms with Gasteiger partial charge in [0.05, 0.1) is 11.8 Å². The molecule has 0 radical (unpaired) electrons. The molecule has 0 bridgehead atoms. The first-order valence-electron chi connectivity index (χ1n) is 9.17. The van der Waals surface area contributed by atoms with Crippen LogP contribution in [0.25, 0.3) is 0 Å². The molecule has 0 aromatic heterocycles. The summed E-state index contributed by atoms with van der Waals surface area (Å²) >= 11 is 0. The molecule has 30 heavy (non-hydrogen) atoms. The van der Waals surface area contributed by atoms with Gasteiger partial charge in [0.15, 0.2) is 5.54 Å². The van der Waals surface area contributed by atoms with Crippen molar-refractivity contribution in [2.24, 2.45) is 5.10 Å². The quantitative estimate of drug-likeness (QED) is 0.508. The Bertz CT molecular complexity index is 1090. The van der Waals surface area contributed by atoms with Crippen LogP contribution in [0.15, 0.2) is 90.0 Å². The molecule has 1 heterocycles. The highest BCUT2D eigenvalue weighted by molar-refractivity contribution is 6.10. The predicted octanol–water partition coefficient (Wildman–Crippen LogP) is 3.21. The number of hydrogen-bond acceptors (Lipinski definition) is 4. The highest BCUT2D eigenvalue weighted by Crippen LogP contribution is 2.36. The van der Waals surface area contributed by atoms with E-state index in [9.17, 15) is 14.4 Å². The fourth-order valence-electron chi connectivity index (χ4n) is 3.39. The van der Waals surface area contributed by atoms with Gasteiger partial charge in [-0.3, -0.25) is 4.79 Å². The normalized spacial score (nSPS) is 15.4. The SMILES string of the molecule is O=C(O)c1ccc(/C=N\N2C(=O)NC(c3ccccc3)(c3ccccc3)C2=O)cc1. The van der Waals surface area contributed by atoms with Crippen LogP contribution in [-0.4, -0.2) is 34.2 Å². The van der Waals surface area contributed by atoms with Gasteiger partial charge in [0, 0.05) is 0 Å². The molecule has 3 amide bonds. The highest BCUT2D eigenvalue weighted by atomic mass is 16.4. The van der Waals surface area contributed by atoms with Crippen molar-refractivity contribution in [3.8, 4) is 0 Å². The van der Waals surface area contributed by atoms with Crippen molar-refractivity contribution < 1.29 is 19.5 Å². The Morgan fingerprint density at radius 2 is 1.40 bits per heavy atom. The van der Waals surface area contributed by atoms with Gasteiger partial charge in [-0.15, -0.1) is 5.01 Å². The second-order valence-corrected chi connectivity index (χ2v) is 6.70. The average Bonchev–Trinajstić information content (AvgIpc) is 3.04. The Labute approximate surface area is 172 Å². The zero-order valence-electron chi connectivity index (χ0n) is 15.7. The van der Waals surface area contributed by atoms with Crippen molar-refractivity contribution in [3.63, 3.8) is 0 Å². The molecule has 1 aliphatic rings. The Kier molecular flexibility index (Phi) is 4.85. The molecule has 4 rings (SSSR count). The number of nitrogens with zero attached hydrogens (tertiary/aromatic N) is 2. The summed E-state index contributed by atoms with van der Waals surface area (Å²) in [6.07, 6.45) is 1.34. The van der Waals surface area contributed by atoms with E-state index in [4.69, 9.17) is 5.11 Å². The molecular formula is C23H17N3O4. The molecule has 0 aliphatic carbocycles. The van der Waals surface area contributed by atoms with Crippen LogP contribution >= 0.6 is 0 Å². The monoisotopic (exact) mass is 399 g/mol. The summed E-state index contributed by atoms with van der Waals surface area (Å²) in [5.74, 6) is -1.56. The summed E-state index contributed by atoms with van der Waals surface area (Å²) in [5.41, 5.74) is 0.548. The van der Waals surface area contributed by atoms with Crippen molar-refractivity contribution in [3.05, 3.63) is 107 Å². The number of amides is 3. The molecular weight excluding hydrogens is 382 g/mol. The lowest BCUT2D eigenvalue weighted by Gasteiger charge is -2.27.